The highest BCUT2D eigenvalue weighted by Crippen LogP contribution is 2.30. The number of carbonyl (C=O) groups is 1. The molecule has 5 nitrogen and oxygen atoms in total. The number of carboxylic acid groups (broad SMARTS) is 1. The van der Waals surface area contributed by atoms with Crippen LogP contribution in [0, 0.1) is 0 Å². The summed E-state index contributed by atoms with van der Waals surface area (Å²) in [6, 6.07) is 5.32. The molecule has 0 bridgehead atoms. The summed E-state index contributed by atoms with van der Waals surface area (Å²) < 4.78 is 7.99. The Balaban J connectivity index is 2.12. The summed E-state index contributed by atoms with van der Waals surface area (Å²) in [5, 5.41) is 9.32. The fourth-order valence-electron chi connectivity index (χ4n) is 3.11. The van der Waals surface area contributed by atoms with Crippen LogP contribution in [0.5, 0.6) is 0 Å². The van der Waals surface area contributed by atoms with Gasteiger partial charge in [-0.15, -0.1) is 0 Å². The molecule has 1 aliphatic rings. The molecule has 2 aromatic rings. The lowest BCUT2D eigenvalue weighted by Crippen LogP contribution is -2.30. The second kappa shape index (κ2) is 5.15. The van der Waals surface area contributed by atoms with Gasteiger partial charge in [0.05, 0.1) is 23.2 Å². The second-order valence-corrected chi connectivity index (χ2v) is 5.85. The Kier molecular flexibility index (Phi) is 3.45. The third-order valence-electron chi connectivity index (χ3n) is 4.20. The molecule has 0 spiro atoms. The SMILES string of the molecule is CCc1nc2c(C(=O)O)cccc2n1CC1(C)CCCO1. The zero-order valence-corrected chi connectivity index (χ0v) is 12.4. The van der Waals surface area contributed by atoms with Crippen LogP contribution in [0.4, 0.5) is 0 Å². The maximum Gasteiger partial charge on any atom is 0.337 e. The van der Waals surface area contributed by atoms with Crippen LogP contribution in [0.1, 0.15) is 42.9 Å². The fraction of sp³-hybridized carbons (Fsp3) is 0.500. The number of hydrogen-bond donors (Lipinski definition) is 1. The maximum absolute atomic E-state index is 11.4. The van der Waals surface area contributed by atoms with E-state index in [0.717, 1.165) is 43.8 Å². The molecular weight excluding hydrogens is 268 g/mol. The van der Waals surface area contributed by atoms with Gasteiger partial charge in [0, 0.05) is 13.0 Å². The van der Waals surface area contributed by atoms with E-state index < -0.39 is 5.97 Å². The van der Waals surface area contributed by atoms with Gasteiger partial charge < -0.3 is 14.4 Å². The van der Waals surface area contributed by atoms with Crippen LogP contribution >= 0.6 is 0 Å². The summed E-state index contributed by atoms with van der Waals surface area (Å²) in [6.07, 6.45) is 2.86. The first-order valence-electron chi connectivity index (χ1n) is 7.39. The molecule has 21 heavy (non-hydrogen) atoms. The van der Waals surface area contributed by atoms with Gasteiger partial charge in [-0.2, -0.15) is 0 Å². The third kappa shape index (κ3) is 2.42. The molecule has 0 aliphatic carbocycles. The van der Waals surface area contributed by atoms with Crippen LogP contribution < -0.4 is 0 Å². The summed E-state index contributed by atoms with van der Waals surface area (Å²) in [7, 11) is 0. The van der Waals surface area contributed by atoms with E-state index in [0.29, 0.717) is 5.52 Å². The Bertz CT molecular complexity index is 684. The topological polar surface area (TPSA) is 64.3 Å². The van der Waals surface area contributed by atoms with Crippen molar-refractivity contribution in [1.29, 1.82) is 0 Å². The van der Waals surface area contributed by atoms with E-state index in [-0.39, 0.29) is 11.2 Å². The van der Waals surface area contributed by atoms with Crippen LogP contribution in [0.25, 0.3) is 11.0 Å². The molecule has 3 rings (SSSR count). The summed E-state index contributed by atoms with van der Waals surface area (Å²) in [6.45, 7) is 5.67. The lowest BCUT2D eigenvalue weighted by atomic mass is 10.0. The molecule has 0 amide bonds. The number of carboxylic acids is 1. The predicted octanol–water partition coefficient (Wildman–Crippen LogP) is 2.87. The van der Waals surface area contributed by atoms with Gasteiger partial charge in [-0.3, -0.25) is 0 Å². The highest BCUT2D eigenvalue weighted by Gasteiger charge is 2.31. The summed E-state index contributed by atoms with van der Waals surface area (Å²) in [5.41, 5.74) is 1.53. The van der Waals surface area contributed by atoms with Gasteiger partial charge in [0.1, 0.15) is 11.3 Å². The molecule has 1 saturated heterocycles. The molecule has 1 aliphatic heterocycles. The number of aryl methyl sites for hydroxylation is 1. The normalized spacial score (nSPS) is 22.0. The molecule has 1 fully saturated rings. The van der Waals surface area contributed by atoms with Crippen molar-refractivity contribution in [3.05, 3.63) is 29.6 Å². The number of aromatic carboxylic acids is 1. The number of fused-ring (bicyclic) bond motifs is 1. The van der Waals surface area contributed by atoms with Crippen molar-refractivity contribution >= 4 is 17.0 Å². The molecule has 1 unspecified atom stereocenters. The Morgan fingerprint density at radius 1 is 1.52 bits per heavy atom. The molecular formula is C16H20N2O3. The Morgan fingerprint density at radius 2 is 2.33 bits per heavy atom. The number of benzene rings is 1. The first kappa shape index (κ1) is 14.1. The average molecular weight is 288 g/mol. The fourth-order valence-corrected chi connectivity index (χ4v) is 3.11. The molecule has 1 atom stereocenters. The highest BCUT2D eigenvalue weighted by atomic mass is 16.5. The lowest BCUT2D eigenvalue weighted by Gasteiger charge is -2.25. The van der Waals surface area contributed by atoms with Crippen molar-refractivity contribution in [1.82, 2.24) is 9.55 Å². The number of ether oxygens (including phenoxy) is 1. The monoisotopic (exact) mass is 288 g/mol. The van der Waals surface area contributed by atoms with E-state index in [9.17, 15) is 9.90 Å². The van der Waals surface area contributed by atoms with Gasteiger partial charge >= 0.3 is 5.97 Å². The number of hydrogen-bond acceptors (Lipinski definition) is 3. The molecule has 2 heterocycles. The summed E-state index contributed by atoms with van der Waals surface area (Å²) >= 11 is 0. The van der Waals surface area contributed by atoms with Gasteiger partial charge in [-0.25, -0.2) is 9.78 Å². The Morgan fingerprint density at radius 3 is 2.95 bits per heavy atom. The molecule has 0 radical (unpaired) electrons. The van der Waals surface area contributed by atoms with Crippen LogP contribution in [-0.4, -0.2) is 32.8 Å². The molecule has 0 saturated carbocycles. The summed E-state index contributed by atoms with van der Waals surface area (Å²) in [4.78, 5) is 15.9. The highest BCUT2D eigenvalue weighted by molar-refractivity contribution is 6.01. The molecule has 112 valence electrons. The molecule has 1 aromatic carbocycles. The van der Waals surface area contributed by atoms with Crippen molar-refractivity contribution in [3.8, 4) is 0 Å². The minimum atomic E-state index is -0.934. The van der Waals surface area contributed by atoms with E-state index >= 15 is 0 Å². The second-order valence-electron chi connectivity index (χ2n) is 5.85. The first-order valence-corrected chi connectivity index (χ1v) is 7.39. The molecule has 1 N–H and O–H groups in total. The van der Waals surface area contributed by atoms with E-state index in [4.69, 9.17) is 4.74 Å². The van der Waals surface area contributed by atoms with E-state index in [1.54, 1.807) is 12.1 Å². The van der Waals surface area contributed by atoms with Gasteiger partial charge in [0.2, 0.25) is 0 Å². The Hall–Kier alpha value is -1.88. The summed E-state index contributed by atoms with van der Waals surface area (Å²) in [5.74, 6) is -0.0216. The lowest BCUT2D eigenvalue weighted by molar-refractivity contribution is 0.00652. The van der Waals surface area contributed by atoms with Gasteiger partial charge in [0.15, 0.2) is 0 Å². The van der Waals surface area contributed by atoms with Crippen LogP contribution in [-0.2, 0) is 17.7 Å². The van der Waals surface area contributed by atoms with E-state index in [1.165, 1.54) is 0 Å². The number of para-hydroxylation sites is 1. The zero-order valence-electron chi connectivity index (χ0n) is 12.4. The third-order valence-corrected chi connectivity index (χ3v) is 4.20. The maximum atomic E-state index is 11.4. The smallest absolute Gasteiger partial charge is 0.337 e. The predicted molar refractivity (Wildman–Crippen MR) is 79.7 cm³/mol. The largest absolute Gasteiger partial charge is 0.478 e. The van der Waals surface area contributed by atoms with Crippen molar-refractivity contribution in [2.24, 2.45) is 0 Å². The van der Waals surface area contributed by atoms with Crippen LogP contribution in [0.2, 0.25) is 0 Å². The zero-order chi connectivity index (χ0) is 15.0. The number of nitrogens with zero attached hydrogens (tertiary/aromatic N) is 2. The van der Waals surface area contributed by atoms with Crippen LogP contribution in [0.3, 0.4) is 0 Å². The van der Waals surface area contributed by atoms with Crippen molar-refractivity contribution in [2.75, 3.05) is 6.61 Å². The first-order chi connectivity index (χ1) is 10.0. The van der Waals surface area contributed by atoms with E-state index in [2.05, 4.69) is 16.5 Å². The Labute approximate surface area is 123 Å². The van der Waals surface area contributed by atoms with Crippen molar-refractivity contribution < 1.29 is 14.6 Å². The van der Waals surface area contributed by atoms with Crippen molar-refractivity contribution in [3.63, 3.8) is 0 Å². The van der Waals surface area contributed by atoms with Gasteiger partial charge in [0.25, 0.3) is 0 Å². The minimum absolute atomic E-state index is 0.184. The average Bonchev–Trinajstić information content (AvgIpc) is 3.03. The van der Waals surface area contributed by atoms with Gasteiger partial charge in [-0.1, -0.05) is 13.0 Å². The quantitative estimate of drug-likeness (QED) is 0.939. The van der Waals surface area contributed by atoms with Gasteiger partial charge in [-0.05, 0) is 31.9 Å². The number of rotatable bonds is 4. The standard InChI is InChI=1S/C16H20N2O3/c1-3-13-17-14-11(15(19)20)6-4-7-12(14)18(13)10-16(2)8-5-9-21-16/h4,6-7H,3,5,8-10H2,1-2H3,(H,19,20). The van der Waals surface area contributed by atoms with Crippen LogP contribution in [0.15, 0.2) is 18.2 Å². The minimum Gasteiger partial charge on any atom is -0.478 e. The number of aromatic nitrogens is 2. The van der Waals surface area contributed by atoms with E-state index in [1.807, 2.05) is 13.0 Å². The van der Waals surface area contributed by atoms with Crippen molar-refractivity contribution in [2.45, 2.75) is 45.3 Å². The number of imidazole rings is 1. The molecule has 1 aromatic heterocycles. The molecule has 5 heteroatoms.